The second kappa shape index (κ2) is 5.86. The molecule has 0 aromatic carbocycles. The number of hydrogen-bond donors (Lipinski definition) is 1. The summed E-state index contributed by atoms with van der Waals surface area (Å²) in [6.45, 7) is 4.74. The van der Waals surface area contributed by atoms with Gasteiger partial charge in [0.1, 0.15) is 6.61 Å². The lowest BCUT2D eigenvalue weighted by atomic mass is 10.3. The number of carbonyl (C=O) groups excluding carboxylic acids is 1. The lowest BCUT2D eigenvalue weighted by Crippen LogP contribution is -2.20. The van der Waals surface area contributed by atoms with Crippen LogP contribution in [0, 0.1) is 0 Å². The Morgan fingerprint density at radius 2 is 2.33 bits per heavy atom. The molecule has 0 aromatic rings. The molecule has 0 spiro atoms. The van der Waals surface area contributed by atoms with Crippen LogP contribution in [0.4, 0.5) is 0 Å². The summed E-state index contributed by atoms with van der Waals surface area (Å²) in [5.41, 5.74) is 0.280. The maximum atomic E-state index is 10.7. The van der Waals surface area contributed by atoms with Gasteiger partial charge >= 0.3 is 5.97 Å². The Hall–Kier alpha value is -0.730. The van der Waals surface area contributed by atoms with Gasteiger partial charge in [0.25, 0.3) is 0 Å². The van der Waals surface area contributed by atoms with Crippen LogP contribution in [-0.4, -0.2) is 29.9 Å². The van der Waals surface area contributed by atoms with Crippen LogP contribution in [0.5, 0.6) is 0 Å². The SMILES string of the molecule is C=C(C)C(=O)OCC(O)CP=O. The number of hydrogen-bond acceptors (Lipinski definition) is 4. The summed E-state index contributed by atoms with van der Waals surface area (Å²) in [5.74, 6) is -0.545. The average Bonchev–Trinajstić information content (AvgIpc) is 2.00. The molecule has 0 rings (SSSR count). The van der Waals surface area contributed by atoms with Gasteiger partial charge in [-0.15, -0.1) is 0 Å². The standard InChI is InChI=1S/C7H11O4P/c1-5(2)7(9)11-3-6(8)4-12-10/h6,8H,1,3-4H2,2H3. The fourth-order valence-corrected chi connectivity index (χ4v) is 0.711. The van der Waals surface area contributed by atoms with Gasteiger partial charge in [-0.1, -0.05) is 6.58 Å². The first-order valence-electron chi connectivity index (χ1n) is 3.37. The second-order valence-corrected chi connectivity index (χ2v) is 2.97. The van der Waals surface area contributed by atoms with Gasteiger partial charge in [-0.2, -0.15) is 0 Å². The first kappa shape index (κ1) is 11.3. The molecule has 0 aromatic heterocycles. The first-order chi connectivity index (χ1) is 5.57. The van der Waals surface area contributed by atoms with Gasteiger partial charge in [0.2, 0.25) is 0 Å². The van der Waals surface area contributed by atoms with Gasteiger partial charge in [-0.05, 0) is 6.92 Å². The van der Waals surface area contributed by atoms with Crippen molar-refractivity contribution in [3.63, 3.8) is 0 Å². The van der Waals surface area contributed by atoms with Gasteiger partial charge in [-0.3, -0.25) is 4.57 Å². The number of ether oxygens (including phenoxy) is 1. The van der Waals surface area contributed by atoms with Crippen molar-refractivity contribution in [2.24, 2.45) is 0 Å². The molecule has 0 heterocycles. The molecule has 0 bridgehead atoms. The minimum atomic E-state index is -0.868. The topological polar surface area (TPSA) is 63.6 Å². The molecule has 68 valence electrons. The molecule has 0 aliphatic rings. The Morgan fingerprint density at radius 3 is 2.75 bits per heavy atom. The van der Waals surface area contributed by atoms with Crippen LogP contribution in [0.3, 0.4) is 0 Å². The van der Waals surface area contributed by atoms with Crippen molar-refractivity contribution in [3.05, 3.63) is 12.2 Å². The zero-order chi connectivity index (χ0) is 9.56. The van der Waals surface area contributed by atoms with Crippen LogP contribution < -0.4 is 0 Å². The third-order valence-corrected chi connectivity index (χ3v) is 1.61. The maximum absolute atomic E-state index is 10.7. The van der Waals surface area contributed by atoms with Gasteiger partial charge in [0.05, 0.1) is 12.3 Å². The van der Waals surface area contributed by atoms with Crippen LogP contribution in [0.2, 0.25) is 0 Å². The van der Waals surface area contributed by atoms with Crippen molar-refractivity contribution in [3.8, 4) is 0 Å². The van der Waals surface area contributed by atoms with E-state index in [1.54, 1.807) is 0 Å². The fourth-order valence-electron chi connectivity index (χ4n) is 0.434. The summed E-state index contributed by atoms with van der Waals surface area (Å²) >= 11 is 0. The molecule has 0 aliphatic heterocycles. The van der Waals surface area contributed by atoms with Crippen LogP contribution in [0.25, 0.3) is 0 Å². The number of aliphatic hydroxyl groups excluding tert-OH is 1. The lowest BCUT2D eigenvalue weighted by Gasteiger charge is -2.07. The molecule has 0 amide bonds. The van der Waals surface area contributed by atoms with E-state index in [-0.39, 0.29) is 26.8 Å². The van der Waals surface area contributed by atoms with Crippen molar-refractivity contribution < 1.29 is 19.2 Å². The average molecular weight is 190 g/mol. The molecule has 1 atom stereocenters. The zero-order valence-electron chi connectivity index (χ0n) is 6.82. The van der Waals surface area contributed by atoms with E-state index in [9.17, 15) is 9.36 Å². The van der Waals surface area contributed by atoms with E-state index in [1.165, 1.54) is 6.92 Å². The molecule has 4 nitrogen and oxygen atoms in total. The summed E-state index contributed by atoms with van der Waals surface area (Å²) in [6, 6.07) is 0. The number of esters is 1. The molecular weight excluding hydrogens is 179 g/mol. The molecule has 1 N–H and O–H groups in total. The van der Waals surface area contributed by atoms with E-state index in [0.29, 0.717) is 0 Å². The number of aliphatic hydroxyl groups is 1. The van der Waals surface area contributed by atoms with E-state index in [4.69, 9.17) is 5.11 Å². The summed E-state index contributed by atoms with van der Waals surface area (Å²) < 4.78 is 14.6. The Balaban J connectivity index is 3.60. The van der Waals surface area contributed by atoms with Crippen LogP contribution in [-0.2, 0) is 14.1 Å². The molecule has 0 saturated carbocycles. The minimum Gasteiger partial charge on any atom is -0.460 e. The lowest BCUT2D eigenvalue weighted by molar-refractivity contribution is -0.141. The maximum Gasteiger partial charge on any atom is 0.333 e. The van der Waals surface area contributed by atoms with Crippen LogP contribution in [0.1, 0.15) is 6.92 Å². The zero-order valence-corrected chi connectivity index (χ0v) is 7.71. The monoisotopic (exact) mass is 190 g/mol. The normalized spacial score (nSPS) is 12.5. The summed E-state index contributed by atoms with van der Waals surface area (Å²) in [5, 5.41) is 8.97. The van der Waals surface area contributed by atoms with E-state index in [1.807, 2.05) is 0 Å². The smallest absolute Gasteiger partial charge is 0.333 e. The fraction of sp³-hybridized carbons (Fsp3) is 0.571. The second-order valence-electron chi connectivity index (χ2n) is 2.34. The highest BCUT2D eigenvalue weighted by Gasteiger charge is 2.08. The predicted molar refractivity (Wildman–Crippen MR) is 44.3 cm³/mol. The van der Waals surface area contributed by atoms with E-state index in [0.717, 1.165) is 0 Å². The van der Waals surface area contributed by atoms with Gasteiger partial charge < -0.3 is 9.84 Å². The van der Waals surface area contributed by atoms with Crippen molar-refractivity contribution >= 4 is 14.4 Å². The largest absolute Gasteiger partial charge is 0.460 e. The highest BCUT2D eigenvalue weighted by atomic mass is 31.1. The quantitative estimate of drug-likeness (QED) is 0.395. The van der Waals surface area contributed by atoms with Crippen LogP contribution in [0.15, 0.2) is 12.2 Å². The Labute approximate surface area is 72.4 Å². The molecule has 12 heavy (non-hydrogen) atoms. The molecule has 5 heteroatoms. The summed E-state index contributed by atoms with van der Waals surface area (Å²) in [7, 11) is -0.161. The van der Waals surface area contributed by atoms with Crippen LogP contribution >= 0.6 is 8.46 Å². The minimum absolute atomic E-state index is 0.0729. The predicted octanol–water partition coefficient (Wildman–Crippen LogP) is 0.758. The van der Waals surface area contributed by atoms with Crippen molar-refractivity contribution in [2.75, 3.05) is 12.8 Å². The Morgan fingerprint density at radius 1 is 1.75 bits per heavy atom. The van der Waals surface area contributed by atoms with E-state index < -0.39 is 12.1 Å². The van der Waals surface area contributed by atoms with Gasteiger partial charge in [0.15, 0.2) is 8.46 Å². The molecular formula is C7H11O4P. The third kappa shape index (κ3) is 4.99. The van der Waals surface area contributed by atoms with E-state index >= 15 is 0 Å². The highest BCUT2D eigenvalue weighted by molar-refractivity contribution is 7.23. The molecule has 0 aliphatic carbocycles. The number of rotatable bonds is 5. The first-order valence-corrected chi connectivity index (χ1v) is 4.37. The van der Waals surface area contributed by atoms with Gasteiger partial charge in [-0.25, -0.2) is 4.79 Å². The summed E-state index contributed by atoms with van der Waals surface area (Å²) in [6.07, 6.45) is -0.795. The Kier molecular flexibility index (Phi) is 5.51. The Bertz CT molecular complexity index is 190. The highest BCUT2D eigenvalue weighted by Crippen LogP contribution is 1.99. The van der Waals surface area contributed by atoms with Crippen molar-refractivity contribution in [1.82, 2.24) is 0 Å². The summed E-state index contributed by atoms with van der Waals surface area (Å²) in [4.78, 5) is 10.7. The third-order valence-electron chi connectivity index (χ3n) is 1.04. The molecule has 0 fully saturated rings. The van der Waals surface area contributed by atoms with Gasteiger partial charge in [0, 0.05) is 5.57 Å². The molecule has 0 saturated heterocycles. The molecule has 0 radical (unpaired) electrons. The van der Waals surface area contributed by atoms with E-state index in [2.05, 4.69) is 11.3 Å². The number of carbonyl (C=O) groups is 1. The van der Waals surface area contributed by atoms with Crippen molar-refractivity contribution in [1.29, 1.82) is 0 Å². The molecule has 1 unspecified atom stereocenters. The van der Waals surface area contributed by atoms with Crippen molar-refractivity contribution in [2.45, 2.75) is 13.0 Å².